The van der Waals surface area contributed by atoms with E-state index in [1.54, 1.807) is 34.5 Å². The number of likely N-dealkylation sites (tertiary alicyclic amines) is 1. The van der Waals surface area contributed by atoms with Gasteiger partial charge < -0.3 is 25.8 Å². The molecule has 12 nitrogen and oxygen atoms in total. The van der Waals surface area contributed by atoms with Crippen molar-refractivity contribution in [3.05, 3.63) is 264 Å². The molecule has 11 aliphatic rings. The molecule has 2 amide bonds. The van der Waals surface area contributed by atoms with Gasteiger partial charge in [-0.2, -0.15) is 0 Å². The first kappa shape index (κ1) is 69.7. The number of benzene rings is 6. The smallest absolute Gasteiger partial charge is 0.255 e. The van der Waals surface area contributed by atoms with Gasteiger partial charge in [0.2, 0.25) is 17.8 Å². The van der Waals surface area contributed by atoms with Crippen LogP contribution in [0.5, 0.6) is 0 Å². The van der Waals surface area contributed by atoms with Gasteiger partial charge >= 0.3 is 0 Å². The highest BCUT2D eigenvalue weighted by atomic mass is 35.5. The Kier molecular flexibility index (Phi) is 22.8. The first-order valence-electron chi connectivity index (χ1n) is 37.0. The molecule has 518 valence electrons. The van der Waals surface area contributed by atoms with E-state index in [9.17, 15) is 23.6 Å². The number of rotatable bonds is 3. The van der Waals surface area contributed by atoms with Crippen LogP contribution >= 0.6 is 12.4 Å². The predicted octanol–water partition coefficient (Wildman–Crippen LogP) is 15.6. The third-order valence-electron chi connectivity index (χ3n) is 22.8. The van der Waals surface area contributed by atoms with Crippen LogP contribution in [0.1, 0.15) is 187 Å². The number of aryl methyl sites for hydroxylation is 6. The van der Waals surface area contributed by atoms with Crippen LogP contribution in [-0.2, 0) is 66.4 Å². The lowest BCUT2D eigenvalue weighted by Gasteiger charge is -2.45. The van der Waals surface area contributed by atoms with Crippen LogP contribution < -0.4 is 26.4 Å². The SMILES string of the molecule is C1=C(N2CCCC2)CCc2ccccc21.Cl.Cn1c(N2CCC[C@H]3c4ccccc4CC[C@@H]32)nc(-c2ccncc2F)cc1=O.O=C1CCC2=C(CCc3ccccc32)N1.O=C1CC[C@H]2c3ccccc3CC[C@@H]2N1.O=C1CCc2ccccc2C1.c1ccc2c(c1)CC[C@@H]1NCCC[C@@H]21. The van der Waals surface area contributed by atoms with Crippen molar-refractivity contribution < 1.29 is 18.8 Å². The van der Waals surface area contributed by atoms with E-state index in [2.05, 4.69) is 164 Å². The number of anilines is 1. The normalized spacial score (nSPS) is 22.3. The van der Waals surface area contributed by atoms with Crippen molar-refractivity contribution in [1.29, 1.82) is 0 Å². The molecule has 4 saturated heterocycles. The topological polar surface area (TPSA) is 142 Å². The average molecular weight is 1360 g/mol. The first-order valence-corrected chi connectivity index (χ1v) is 37.0. The molecule has 3 N–H and O–H groups in total. The second kappa shape index (κ2) is 32.7. The minimum Gasteiger partial charge on any atom is -0.375 e. The average Bonchev–Trinajstić information content (AvgIpc) is 0.859. The summed E-state index contributed by atoms with van der Waals surface area (Å²) in [5.41, 5.74) is 21.9. The first-order chi connectivity index (χ1) is 48.6. The molecule has 0 spiro atoms. The van der Waals surface area contributed by atoms with E-state index < -0.39 is 5.82 Å². The minimum atomic E-state index is -0.470. The molecule has 0 bridgehead atoms. The zero-order valence-corrected chi connectivity index (χ0v) is 58.8. The number of Topliss-reactive ketones (excluding diaryl/α,β-unsaturated/α-hetero) is 1. The van der Waals surface area contributed by atoms with Gasteiger partial charge in [0, 0.05) is 112 Å². The van der Waals surface area contributed by atoms with E-state index in [-0.39, 0.29) is 29.8 Å². The van der Waals surface area contributed by atoms with Crippen molar-refractivity contribution in [3.63, 3.8) is 0 Å². The van der Waals surface area contributed by atoms with Crippen molar-refractivity contribution >= 4 is 47.6 Å². The molecule has 14 heteroatoms. The summed E-state index contributed by atoms with van der Waals surface area (Å²) in [5, 5.41) is 9.78. The number of nitrogens with zero attached hydrogens (tertiary/aromatic N) is 5. The Morgan fingerprint density at radius 2 is 1.11 bits per heavy atom. The van der Waals surface area contributed by atoms with Gasteiger partial charge in [0.25, 0.3) is 5.56 Å². The van der Waals surface area contributed by atoms with Gasteiger partial charge in [0.15, 0.2) is 5.82 Å². The van der Waals surface area contributed by atoms with Crippen LogP contribution in [-0.4, -0.2) is 81.3 Å². The number of piperidine rings is 3. The van der Waals surface area contributed by atoms with E-state index in [4.69, 9.17) is 4.98 Å². The summed E-state index contributed by atoms with van der Waals surface area (Å²) in [5.74, 6) is 2.74. The molecule has 5 aliphatic heterocycles. The summed E-state index contributed by atoms with van der Waals surface area (Å²) < 4.78 is 15.9. The largest absolute Gasteiger partial charge is 0.375 e. The van der Waals surface area contributed by atoms with Gasteiger partial charge in [-0.1, -0.05) is 146 Å². The number of aromatic nitrogens is 3. The van der Waals surface area contributed by atoms with Gasteiger partial charge in [-0.25, -0.2) is 9.37 Å². The molecule has 4 fully saturated rings. The number of pyridine rings is 1. The number of carbonyl (C=O) groups excluding carboxylic acids is 3. The second-order valence-electron chi connectivity index (χ2n) is 28.7. The number of amides is 2. The Balaban J connectivity index is 0.000000111. The number of fused-ring (bicyclic) bond motifs is 13. The van der Waals surface area contributed by atoms with E-state index in [0.29, 0.717) is 66.2 Å². The molecule has 6 atom stereocenters. The monoisotopic (exact) mass is 1360 g/mol. The minimum absolute atomic E-state index is 0. The third kappa shape index (κ3) is 16.0. The van der Waals surface area contributed by atoms with Gasteiger partial charge in [-0.3, -0.25) is 28.7 Å². The van der Waals surface area contributed by atoms with E-state index in [0.717, 1.165) is 107 Å². The highest BCUT2D eigenvalue weighted by molar-refractivity contribution is 5.88. The molecule has 19 rings (SSSR count). The highest BCUT2D eigenvalue weighted by Crippen LogP contribution is 2.43. The molecule has 7 heterocycles. The van der Waals surface area contributed by atoms with Crippen LogP contribution in [0.2, 0.25) is 0 Å². The number of carbonyl (C=O) groups is 3. The number of ketones is 1. The quantitative estimate of drug-likeness (QED) is 0.158. The molecule has 6 aromatic carbocycles. The van der Waals surface area contributed by atoms with E-state index in [1.807, 2.05) is 18.2 Å². The molecule has 0 saturated carbocycles. The fourth-order valence-corrected chi connectivity index (χ4v) is 17.7. The Morgan fingerprint density at radius 1 is 0.500 bits per heavy atom. The van der Waals surface area contributed by atoms with Crippen molar-refractivity contribution in [2.45, 2.75) is 184 Å². The number of hydrogen-bond donors (Lipinski definition) is 3. The van der Waals surface area contributed by atoms with Crippen molar-refractivity contribution in [3.8, 4) is 11.3 Å². The Labute approximate surface area is 595 Å². The second-order valence-corrected chi connectivity index (χ2v) is 28.7. The van der Waals surface area contributed by atoms with Crippen LogP contribution in [0.25, 0.3) is 22.9 Å². The van der Waals surface area contributed by atoms with Crippen molar-refractivity contribution in [2.75, 3.05) is 31.1 Å². The molecule has 0 unspecified atom stereocenters. The Bertz CT molecular complexity index is 4360. The number of hydrogen-bond acceptors (Lipinski definition) is 9. The molecule has 0 radical (unpaired) electrons. The summed E-state index contributed by atoms with van der Waals surface area (Å²) in [6, 6.07) is 56.3. The lowest BCUT2D eigenvalue weighted by Crippen LogP contribution is -2.48. The molecular weight excluding hydrogens is 1260 g/mol. The van der Waals surface area contributed by atoms with Gasteiger partial charge in [-0.05, 0) is 219 Å². The lowest BCUT2D eigenvalue weighted by atomic mass is 9.74. The Hall–Kier alpha value is -8.78. The zero-order chi connectivity index (χ0) is 67.6. The van der Waals surface area contributed by atoms with Crippen LogP contribution in [0.4, 0.5) is 10.3 Å². The predicted molar refractivity (Wildman–Crippen MR) is 401 cm³/mol. The zero-order valence-electron chi connectivity index (χ0n) is 58.0. The lowest BCUT2D eigenvalue weighted by molar-refractivity contribution is -0.124. The van der Waals surface area contributed by atoms with E-state index >= 15 is 0 Å². The highest BCUT2D eigenvalue weighted by Gasteiger charge is 2.39. The number of nitrogens with one attached hydrogen (secondary N) is 3. The van der Waals surface area contributed by atoms with Gasteiger partial charge in [0.1, 0.15) is 5.78 Å². The summed E-state index contributed by atoms with van der Waals surface area (Å²) in [6.45, 7) is 4.62. The maximum absolute atomic E-state index is 14.3. The molecule has 8 aromatic rings. The maximum Gasteiger partial charge on any atom is 0.255 e. The van der Waals surface area contributed by atoms with Crippen LogP contribution in [0, 0.1) is 5.82 Å². The Morgan fingerprint density at radius 3 is 1.85 bits per heavy atom. The molecule has 100 heavy (non-hydrogen) atoms. The summed E-state index contributed by atoms with van der Waals surface area (Å²) >= 11 is 0. The molecule has 2 aromatic heterocycles. The molecule has 6 aliphatic carbocycles. The molecular formula is C86H96ClFN8O4. The summed E-state index contributed by atoms with van der Waals surface area (Å²) in [7, 11) is 1.75. The van der Waals surface area contributed by atoms with Gasteiger partial charge in [-0.15, -0.1) is 12.4 Å². The number of halogens is 2. The maximum atomic E-state index is 14.3. The fraction of sp³-hybridized carbons (Fsp3) is 0.395. The van der Waals surface area contributed by atoms with Crippen molar-refractivity contribution in [1.82, 2.24) is 35.4 Å². The van der Waals surface area contributed by atoms with Gasteiger partial charge in [0.05, 0.1) is 11.9 Å². The standard InChI is InChI=1S/C23H23FN4O.C14H17N.C13H15NO.C13H13NO.C13H17N.C10H10O.ClH/c1-27-22(29)13-20(18-10-11-25-14-19(18)24)26-23(27)28-12-4-7-17-16-6-3-2-5-15(16)8-9-21(17)28;1-2-6-13-11-14(8-7-12(13)5-1)15-9-3-4-10-15;2*15-13-8-6-11-10-4-2-1-3-9(10)5-7-12(11)14-13;1-2-5-11-10(4-1)7-8-13-12(11)6-3-9-14-13;11-10-6-5-8-3-1-2-4-9(8)7-10;/h2-3,5-6,10-11,13-14,17,21H,4,7-9,12H2,1H3;1-2,5-6,11H,3-4,7-10H2;1-4,11-12H,5-8H2,(H,14,15);1-4H,5-8H2,(H,14,15);1-2,4-5,12-14H,3,6-9H2;1-4H,5-7H2;1H/t17-,21-;;11-,12-;;12-,13-;;/m0.0.0../s1. The third-order valence-corrected chi connectivity index (χ3v) is 22.8. The number of allylic oxidation sites excluding steroid dienone is 3. The van der Waals surface area contributed by atoms with Crippen LogP contribution in [0.3, 0.4) is 0 Å². The summed E-state index contributed by atoms with van der Waals surface area (Å²) in [4.78, 5) is 59.7. The van der Waals surface area contributed by atoms with E-state index in [1.165, 1.54) is 144 Å². The fourth-order valence-electron chi connectivity index (χ4n) is 17.7. The van der Waals surface area contributed by atoms with Crippen molar-refractivity contribution in [2.24, 2.45) is 7.05 Å². The summed E-state index contributed by atoms with van der Waals surface area (Å²) in [6.07, 6.45) is 29.7. The van der Waals surface area contributed by atoms with Crippen LogP contribution in [0.15, 0.2) is 186 Å².